The highest BCUT2D eigenvalue weighted by atomic mass is 79.9. The van der Waals surface area contributed by atoms with Crippen molar-refractivity contribution in [2.45, 2.75) is 19.1 Å². The normalized spacial score (nSPS) is 12.2. The highest BCUT2D eigenvalue weighted by Crippen LogP contribution is 2.35. The van der Waals surface area contributed by atoms with Gasteiger partial charge >= 0.3 is 6.18 Å². The molecule has 0 heterocycles. The molecule has 0 aliphatic heterocycles. The third kappa shape index (κ3) is 5.93. The van der Waals surface area contributed by atoms with Crippen LogP contribution in [0.4, 0.5) is 13.2 Å². The minimum absolute atomic E-state index is 0.0800. The summed E-state index contributed by atoms with van der Waals surface area (Å²) in [5.74, 6) is 0. The van der Waals surface area contributed by atoms with Crippen LogP contribution < -0.4 is 5.32 Å². The molecule has 1 aromatic rings. The maximum absolute atomic E-state index is 12.7. The summed E-state index contributed by atoms with van der Waals surface area (Å²) in [6.07, 6.45) is -3.35. The van der Waals surface area contributed by atoms with Gasteiger partial charge in [0.1, 0.15) is 0 Å². The summed E-state index contributed by atoms with van der Waals surface area (Å²) in [6, 6.07) is 4.32. The lowest BCUT2D eigenvalue weighted by molar-refractivity contribution is -0.138. The molecular weight excluding hydrogens is 321 g/mol. The van der Waals surface area contributed by atoms with E-state index in [-0.39, 0.29) is 4.47 Å². The van der Waals surface area contributed by atoms with Crippen LogP contribution in [0.5, 0.6) is 0 Å². The van der Waals surface area contributed by atoms with Gasteiger partial charge in [-0.3, -0.25) is 0 Å². The van der Waals surface area contributed by atoms with Crippen LogP contribution in [0.1, 0.15) is 17.5 Å². The second kappa shape index (κ2) is 7.26. The molecule has 0 atom stereocenters. The molecule has 0 saturated carbocycles. The largest absolute Gasteiger partial charge is 0.417 e. The van der Waals surface area contributed by atoms with Gasteiger partial charge in [0, 0.05) is 11.0 Å². The Morgan fingerprint density at radius 1 is 1.26 bits per heavy atom. The predicted molar refractivity (Wildman–Crippen MR) is 74.0 cm³/mol. The smallest absolute Gasteiger partial charge is 0.313 e. The quantitative estimate of drug-likeness (QED) is 0.798. The lowest BCUT2D eigenvalue weighted by atomic mass is 10.1. The van der Waals surface area contributed by atoms with E-state index in [1.54, 1.807) is 6.07 Å². The van der Waals surface area contributed by atoms with E-state index in [4.69, 9.17) is 0 Å². The van der Waals surface area contributed by atoms with Crippen molar-refractivity contribution in [3.8, 4) is 0 Å². The number of alkyl halides is 3. The van der Waals surface area contributed by atoms with Crippen molar-refractivity contribution in [1.82, 2.24) is 10.2 Å². The molecule has 0 bridgehead atoms. The summed E-state index contributed by atoms with van der Waals surface area (Å²) in [5.41, 5.74) is 0.0143. The number of nitrogens with one attached hydrogen (secondary N) is 1. The van der Waals surface area contributed by atoms with Crippen LogP contribution in [0.3, 0.4) is 0 Å². The average molecular weight is 339 g/mol. The Bertz CT molecular complexity index is 405. The van der Waals surface area contributed by atoms with E-state index in [1.807, 2.05) is 14.1 Å². The third-order valence-electron chi connectivity index (χ3n) is 2.62. The fraction of sp³-hybridized carbons (Fsp3) is 0.538. The van der Waals surface area contributed by atoms with E-state index in [9.17, 15) is 13.2 Å². The van der Waals surface area contributed by atoms with Crippen LogP contribution in [0.15, 0.2) is 22.7 Å². The van der Waals surface area contributed by atoms with Gasteiger partial charge < -0.3 is 10.2 Å². The molecule has 108 valence electrons. The van der Waals surface area contributed by atoms with Crippen LogP contribution in [-0.4, -0.2) is 32.1 Å². The van der Waals surface area contributed by atoms with Gasteiger partial charge in [-0.1, -0.05) is 22.0 Å². The zero-order valence-electron chi connectivity index (χ0n) is 11.0. The van der Waals surface area contributed by atoms with Crippen molar-refractivity contribution in [1.29, 1.82) is 0 Å². The summed E-state index contributed by atoms with van der Waals surface area (Å²) < 4.78 is 38.2. The van der Waals surface area contributed by atoms with Gasteiger partial charge in [0.2, 0.25) is 0 Å². The Kier molecular flexibility index (Phi) is 6.29. The Morgan fingerprint density at radius 3 is 2.53 bits per heavy atom. The van der Waals surface area contributed by atoms with Crippen molar-refractivity contribution in [2.24, 2.45) is 0 Å². The van der Waals surface area contributed by atoms with E-state index in [1.165, 1.54) is 12.1 Å². The number of halogens is 4. The molecule has 0 fully saturated rings. The molecule has 0 saturated heterocycles. The lowest BCUT2D eigenvalue weighted by Gasteiger charge is -2.12. The summed E-state index contributed by atoms with van der Waals surface area (Å²) in [6.45, 7) is 2.19. The average Bonchev–Trinajstić information content (AvgIpc) is 2.28. The maximum atomic E-state index is 12.7. The first-order chi connectivity index (χ1) is 8.80. The summed E-state index contributed by atoms with van der Waals surface area (Å²) in [4.78, 5) is 2.07. The van der Waals surface area contributed by atoms with Crippen molar-refractivity contribution >= 4 is 15.9 Å². The molecule has 19 heavy (non-hydrogen) atoms. The van der Waals surface area contributed by atoms with Gasteiger partial charge in [0.25, 0.3) is 0 Å². The van der Waals surface area contributed by atoms with Crippen LogP contribution in [0, 0.1) is 0 Å². The predicted octanol–water partition coefficient (Wildman–Crippen LogP) is 3.51. The number of benzene rings is 1. The monoisotopic (exact) mass is 338 g/mol. The van der Waals surface area contributed by atoms with E-state index in [0.717, 1.165) is 19.5 Å². The van der Waals surface area contributed by atoms with Crippen molar-refractivity contribution in [3.63, 3.8) is 0 Å². The van der Waals surface area contributed by atoms with E-state index in [2.05, 4.69) is 26.1 Å². The number of hydrogen-bond acceptors (Lipinski definition) is 2. The van der Waals surface area contributed by atoms with E-state index in [0.29, 0.717) is 12.1 Å². The fourth-order valence-electron chi connectivity index (χ4n) is 1.65. The van der Waals surface area contributed by atoms with E-state index < -0.39 is 11.7 Å². The SMILES string of the molecule is CN(C)CCCNCc1ccc(Br)c(C(F)(F)F)c1. The first-order valence-electron chi connectivity index (χ1n) is 6.02. The molecule has 0 radical (unpaired) electrons. The summed E-state index contributed by atoms with van der Waals surface area (Å²) in [5, 5.41) is 3.15. The first kappa shape index (κ1) is 16.5. The van der Waals surface area contributed by atoms with Gasteiger partial charge in [-0.15, -0.1) is 0 Å². The number of rotatable bonds is 6. The zero-order valence-corrected chi connectivity index (χ0v) is 12.6. The Morgan fingerprint density at radius 2 is 1.95 bits per heavy atom. The van der Waals surface area contributed by atoms with Crippen LogP contribution in [0.25, 0.3) is 0 Å². The second-order valence-electron chi connectivity index (χ2n) is 4.65. The number of nitrogens with zero attached hydrogens (tertiary/aromatic N) is 1. The maximum Gasteiger partial charge on any atom is 0.417 e. The molecule has 0 amide bonds. The highest BCUT2D eigenvalue weighted by Gasteiger charge is 2.32. The molecule has 0 aromatic heterocycles. The summed E-state index contributed by atoms with van der Waals surface area (Å²) >= 11 is 2.93. The molecule has 1 rings (SSSR count). The lowest BCUT2D eigenvalue weighted by Crippen LogP contribution is -2.21. The van der Waals surface area contributed by atoms with Crippen molar-refractivity contribution in [3.05, 3.63) is 33.8 Å². The van der Waals surface area contributed by atoms with E-state index >= 15 is 0 Å². The first-order valence-corrected chi connectivity index (χ1v) is 6.81. The van der Waals surface area contributed by atoms with Gasteiger partial charge in [-0.25, -0.2) is 0 Å². The molecular formula is C13H18BrF3N2. The van der Waals surface area contributed by atoms with Gasteiger partial charge in [-0.05, 0) is 51.3 Å². The molecule has 1 N–H and O–H groups in total. The fourth-order valence-corrected chi connectivity index (χ4v) is 2.12. The second-order valence-corrected chi connectivity index (χ2v) is 5.50. The molecule has 1 aromatic carbocycles. The standard InChI is InChI=1S/C13H18BrF3N2/c1-19(2)7-3-6-18-9-10-4-5-12(14)11(8-10)13(15,16)17/h4-5,8,18H,3,6-7,9H2,1-2H3. The van der Waals surface area contributed by atoms with Gasteiger partial charge in [0.15, 0.2) is 0 Å². The highest BCUT2D eigenvalue weighted by molar-refractivity contribution is 9.10. The third-order valence-corrected chi connectivity index (χ3v) is 3.32. The molecule has 6 heteroatoms. The molecule has 2 nitrogen and oxygen atoms in total. The Balaban J connectivity index is 2.51. The van der Waals surface area contributed by atoms with Crippen molar-refractivity contribution < 1.29 is 13.2 Å². The van der Waals surface area contributed by atoms with Crippen LogP contribution in [-0.2, 0) is 12.7 Å². The Labute approximate surface area is 120 Å². The zero-order chi connectivity index (χ0) is 14.5. The topological polar surface area (TPSA) is 15.3 Å². The van der Waals surface area contributed by atoms with Crippen LogP contribution >= 0.6 is 15.9 Å². The van der Waals surface area contributed by atoms with Crippen molar-refractivity contribution in [2.75, 3.05) is 27.2 Å². The molecule has 0 unspecified atom stereocenters. The van der Waals surface area contributed by atoms with Gasteiger partial charge in [0.05, 0.1) is 5.56 Å². The molecule has 0 spiro atoms. The minimum Gasteiger partial charge on any atom is -0.313 e. The van der Waals surface area contributed by atoms with Gasteiger partial charge in [-0.2, -0.15) is 13.2 Å². The molecule has 0 aliphatic rings. The molecule has 0 aliphatic carbocycles. The summed E-state index contributed by atoms with van der Waals surface area (Å²) in [7, 11) is 3.98. The minimum atomic E-state index is -4.32. The van der Waals surface area contributed by atoms with Crippen LogP contribution in [0.2, 0.25) is 0 Å². The Hall–Kier alpha value is -0.590. The number of hydrogen-bond donors (Lipinski definition) is 1.